The van der Waals surface area contributed by atoms with Crippen LogP contribution in [-0.4, -0.2) is 34.5 Å². The normalized spacial score (nSPS) is 22.7. The number of carboxylic acid groups (broad SMARTS) is 1. The van der Waals surface area contributed by atoms with Gasteiger partial charge in [0.05, 0.1) is 18.1 Å². The third-order valence-corrected chi connectivity index (χ3v) is 7.15. The van der Waals surface area contributed by atoms with Crippen molar-refractivity contribution in [2.24, 2.45) is 16.8 Å². The minimum Gasteiger partial charge on any atom is -0.481 e. The van der Waals surface area contributed by atoms with Gasteiger partial charge in [0.15, 0.2) is 22.5 Å². The summed E-state index contributed by atoms with van der Waals surface area (Å²) in [5, 5.41) is 15.0. The summed E-state index contributed by atoms with van der Waals surface area (Å²) >= 11 is 1.35. The summed E-state index contributed by atoms with van der Waals surface area (Å²) in [5.74, 6) is -3.54. The second kappa shape index (κ2) is 10.0. The van der Waals surface area contributed by atoms with Crippen molar-refractivity contribution < 1.29 is 28.2 Å². The Morgan fingerprint density at radius 2 is 1.97 bits per heavy atom. The third-order valence-electron chi connectivity index (χ3n) is 6.37. The molecule has 34 heavy (non-hydrogen) atoms. The first kappa shape index (κ1) is 24.0. The molecule has 7 nitrogen and oxygen atoms in total. The molecule has 2 aliphatic rings. The van der Waals surface area contributed by atoms with Crippen LogP contribution in [0.3, 0.4) is 0 Å². The number of carbonyl (C=O) groups excluding carboxylic acids is 1. The van der Waals surface area contributed by atoms with E-state index in [0.29, 0.717) is 47.8 Å². The van der Waals surface area contributed by atoms with Crippen LogP contribution in [0.25, 0.3) is 0 Å². The molecule has 1 aromatic carbocycles. The first-order chi connectivity index (χ1) is 16.3. The molecule has 0 bridgehead atoms. The van der Waals surface area contributed by atoms with Crippen LogP contribution in [-0.2, 0) is 14.3 Å². The Labute approximate surface area is 199 Å². The number of amidine groups is 1. The average molecular weight is 490 g/mol. The predicted molar refractivity (Wildman–Crippen MR) is 122 cm³/mol. The van der Waals surface area contributed by atoms with E-state index in [2.05, 4.69) is 10.3 Å². The van der Waals surface area contributed by atoms with Crippen LogP contribution in [0, 0.1) is 30.4 Å². The summed E-state index contributed by atoms with van der Waals surface area (Å²) in [6.07, 6.45) is 3.68. The molecule has 180 valence electrons. The Balaban J connectivity index is 1.85. The standard InChI is InChI=1S/C24H25F2N3O4S/c1-3-33-24(32)17-19(13-4-6-14(7-5-13)23(30)31)28-21(22-27-10-11-34-22)29-20(17)15-8-9-16(25)18(26)12(15)2/h8-11,13-14,20H,3-7H2,1-2H3,(H,28,29)(H,30,31)/t13-,14-,20-/m1/s1. The van der Waals surface area contributed by atoms with Crippen molar-refractivity contribution in [3.63, 3.8) is 0 Å². The smallest absolute Gasteiger partial charge is 0.338 e. The number of aliphatic imine (C=N–C) groups is 1. The Hall–Kier alpha value is -3.14. The number of benzene rings is 1. The number of hydrogen-bond donors (Lipinski definition) is 2. The first-order valence-electron chi connectivity index (χ1n) is 11.1. The highest BCUT2D eigenvalue weighted by Gasteiger charge is 2.38. The number of hydrogen-bond acceptors (Lipinski definition) is 7. The Morgan fingerprint density at radius 1 is 1.24 bits per heavy atom. The topological polar surface area (TPSA) is 101 Å². The lowest BCUT2D eigenvalue weighted by Gasteiger charge is -2.34. The highest BCUT2D eigenvalue weighted by molar-refractivity contribution is 7.11. The predicted octanol–water partition coefficient (Wildman–Crippen LogP) is 4.53. The summed E-state index contributed by atoms with van der Waals surface area (Å²) in [5.41, 5.74) is 1.23. The molecule has 2 aromatic rings. The van der Waals surface area contributed by atoms with Crippen molar-refractivity contribution in [1.29, 1.82) is 0 Å². The molecule has 4 rings (SSSR count). The van der Waals surface area contributed by atoms with E-state index in [4.69, 9.17) is 9.73 Å². The fourth-order valence-electron chi connectivity index (χ4n) is 4.59. The Kier molecular flexibility index (Phi) is 7.06. The van der Waals surface area contributed by atoms with Crippen LogP contribution in [0.2, 0.25) is 0 Å². The number of carboxylic acids is 1. The zero-order valence-electron chi connectivity index (χ0n) is 18.8. The molecule has 0 radical (unpaired) electrons. The van der Waals surface area contributed by atoms with Crippen LogP contribution >= 0.6 is 11.3 Å². The van der Waals surface area contributed by atoms with Gasteiger partial charge in [0.1, 0.15) is 6.04 Å². The van der Waals surface area contributed by atoms with Gasteiger partial charge in [-0.15, -0.1) is 11.3 Å². The second-order valence-corrected chi connectivity index (χ2v) is 9.25. The van der Waals surface area contributed by atoms with Gasteiger partial charge in [0.2, 0.25) is 0 Å². The number of allylic oxidation sites excluding steroid dienone is 1. The average Bonchev–Trinajstić information content (AvgIpc) is 3.37. The maximum atomic E-state index is 14.5. The number of nitrogens with one attached hydrogen (secondary N) is 1. The van der Waals surface area contributed by atoms with E-state index in [1.807, 2.05) is 0 Å². The SMILES string of the molecule is CCOC(=O)C1=C([C@H]2CC[C@H](C(=O)O)CC2)NC(c2nccs2)=N[C@@H]1c1ccc(F)c(F)c1C. The molecule has 0 saturated heterocycles. The van der Waals surface area contributed by atoms with Gasteiger partial charge in [0, 0.05) is 17.3 Å². The van der Waals surface area contributed by atoms with Crippen molar-refractivity contribution in [2.45, 2.75) is 45.6 Å². The van der Waals surface area contributed by atoms with Gasteiger partial charge >= 0.3 is 11.9 Å². The van der Waals surface area contributed by atoms with E-state index >= 15 is 0 Å². The molecule has 1 saturated carbocycles. The third kappa shape index (κ3) is 4.59. The molecule has 1 atom stereocenters. The molecule has 2 heterocycles. The maximum Gasteiger partial charge on any atom is 0.338 e. The van der Waals surface area contributed by atoms with Crippen molar-refractivity contribution in [1.82, 2.24) is 10.3 Å². The fourth-order valence-corrected chi connectivity index (χ4v) is 5.17. The number of aromatic nitrogens is 1. The van der Waals surface area contributed by atoms with Crippen molar-refractivity contribution >= 4 is 29.1 Å². The summed E-state index contributed by atoms with van der Waals surface area (Å²) < 4.78 is 33.8. The lowest BCUT2D eigenvalue weighted by molar-refractivity contribution is -0.143. The number of halogens is 2. The van der Waals surface area contributed by atoms with Crippen LogP contribution in [0.1, 0.15) is 54.8 Å². The Bertz CT molecular complexity index is 1160. The lowest BCUT2D eigenvalue weighted by atomic mass is 9.77. The summed E-state index contributed by atoms with van der Waals surface area (Å²) in [6, 6.07) is 1.53. The Morgan fingerprint density at radius 3 is 2.59 bits per heavy atom. The highest BCUT2D eigenvalue weighted by atomic mass is 32.1. The number of rotatable bonds is 6. The van der Waals surface area contributed by atoms with Gasteiger partial charge in [-0.05, 0) is 62.6 Å². The molecule has 0 amide bonds. The molecular weight excluding hydrogens is 464 g/mol. The van der Waals surface area contributed by atoms with Crippen LogP contribution < -0.4 is 5.32 Å². The minimum atomic E-state index is -0.992. The van der Waals surface area contributed by atoms with E-state index < -0.39 is 35.5 Å². The summed E-state index contributed by atoms with van der Waals surface area (Å²) in [7, 11) is 0. The number of esters is 1. The van der Waals surface area contributed by atoms with Crippen molar-refractivity contribution in [3.8, 4) is 0 Å². The monoisotopic (exact) mass is 489 g/mol. The van der Waals surface area contributed by atoms with E-state index in [0.717, 1.165) is 6.07 Å². The molecule has 1 aliphatic carbocycles. The molecule has 10 heteroatoms. The van der Waals surface area contributed by atoms with Crippen LogP contribution in [0.4, 0.5) is 8.78 Å². The van der Waals surface area contributed by atoms with E-state index in [1.54, 1.807) is 18.5 Å². The van der Waals surface area contributed by atoms with Crippen molar-refractivity contribution in [3.05, 3.63) is 62.7 Å². The van der Waals surface area contributed by atoms with Gasteiger partial charge in [-0.2, -0.15) is 0 Å². The van der Waals surface area contributed by atoms with E-state index in [-0.39, 0.29) is 23.7 Å². The molecule has 1 aliphatic heterocycles. The van der Waals surface area contributed by atoms with Gasteiger partial charge in [-0.1, -0.05) is 6.07 Å². The quantitative estimate of drug-likeness (QED) is 0.579. The lowest BCUT2D eigenvalue weighted by Crippen LogP contribution is -2.38. The number of aliphatic carboxylic acids is 1. The van der Waals surface area contributed by atoms with Gasteiger partial charge < -0.3 is 15.2 Å². The maximum absolute atomic E-state index is 14.5. The van der Waals surface area contributed by atoms with Crippen molar-refractivity contribution in [2.75, 3.05) is 6.61 Å². The number of nitrogens with zero attached hydrogens (tertiary/aromatic N) is 2. The summed E-state index contributed by atoms with van der Waals surface area (Å²) in [4.78, 5) is 33.7. The fraction of sp³-hybridized carbons (Fsp3) is 0.417. The zero-order chi connectivity index (χ0) is 24.4. The van der Waals surface area contributed by atoms with E-state index in [1.165, 1.54) is 24.3 Å². The first-order valence-corrected chi connectivity index (χ1v) is 12.0. The molecular formula is C24H25F2N3O4S. The molecule has 1 aromatic heterocycles. The minimum absolute atomic E-state index is 0.0601. The van der Waals surface area contributed by atoms with Crippen LogP contribution in [0.5, 0.6) is 0 Å². The number of thiazole rings is 1. The van der Waals surface area contributed by atoms with E-state index in [9.17, 15) is 23.5 Å². The molecule has 0 spiro atoms. The van der Waals surface area contributed by atoms with Gasteiger partial charge in [-0.3, -0.25) is 9.79 Å². The van der Waals surface area contributed by atoms with Gasteiger partial charge in [0.25, 0.3) is 0 Å². The zero-order valence-corrected chi connectivity index (χ0v) is 19.6. The molecule has 0 unspecified atom stereocenters. The largest absolute Gasteiger partial charge is 0.481 e. The number of carbonyl (C=O) groups is 2. The summed E-state index contributed by atoms with van der Waals surface area (Å²) in [6.45, 7) is 3.28. The second-order valence-electron chi connectivity index (χ2n) is 8.35. The molecule has 2 N–H and O–H groups in total. The molecule has 1 fully saturated rings. The van der Waals surface area contributed by atoms with Gasteiger partial charge in [-0.25, -0.2) is 18.6 Å². The number of ether oxygens (including phenoxy) is 1. The highest BCUT2D eigenvalue weighted by Crippen LogP contribution is 2.41. The van der Waals surface area contributed by atoms with Crippen LogP contribution in [0.15, 0.2) is 40.0 Å².